The molecule has 3 aliphatic carbocycles. The minimum atomic E-state index is -4.28. The second-order valence-corrected chi connectivity index (χ2v) is 7.20. The van der Waals surface area contributed by atoms with Gasteiger partial charge in [0.25, 0.3) is 0 Å². The Bertz CT molecular complexity index is 541. The van der Waals surface area contributed by atoms with Crippen molar-refractivity contribution in [3.63, 3.8) is 0 Å². The lowest BCUT2D eigenvalue weighted by Gasteiger charge is -2.14. The second kappa shape index (κ2) is 4.15. The molecule has 0 radical (unpaired) electrons. The fourth-order valence-corrected chi connectivity index (χ4v) is 5.00. The van der Waals surface area contributed by atoms with Gasteiger partial charge in [0.2, 0.25) is 0 Å². The first-order valence-electron chi connectivity index (χ1n) is 7.08. The van der Waals surface area contributed by atoms with Crippen LogP contribution in [0.2, 0.25) is 0 Å². The summed E-state index contributed by atoms with van der Waals surface area (Å²) in [7, 11) is 0. The van der Waals surface area contributed by atoms with Crippen molar-refractivity contribution in [2.24, 2.45) is 23.7 Å². The van der Waals surface area contributed by atoms with Crippen molar-refractivity contribution >= 4 is 21.6 Å². The summed E-state index contributed by atoms with van der Waals surface area (Å²) in [5.74, 6) is 3.25. The van der Waals surface area contributed by atoms with E-state index in [1.807, 2.05) is 0 Å². The Morgan fingerprint density at radius 1 is 1.10 bits per heavy atom. The lowest BCUT2D eigenvalue weighted by atomic mass is 10.0. The number of fused-ring (bicyclic) bond motifs is 5. The van der Waals surface area contributed by atoms with Crippen molar-refractivity contribution in [3.05, 3.63) is 28.2 Å². The molecule has 4 unspecified atom stereocenters. The Labute approximate surface area is 124 Å². The standard InChI is InChI=1S/C15H15BrF3N/c16-10-6-9(15(17,18)19)3-4-11(10)20-14-12-7-1-2-8(5-7)13(12)14/h3-4,6-8,12-14,20H,1-2,5H2. The maximum absolute atomic E-state index is 12.6. The molecule has 0 saturated heterocycles. The molecule has 3 saturated carbocycles. The molecule has 2 bridgehead atoms. The third-order valence-electron chi connectivity index (χ3n) is 5.35. The first-order valence-corrected chi connectivity index (χ1v) is 7.88. The Hall–Kier alpha value is -0.710. The Balaban J connectivity index is 1.51. The van der Waals surface area contributed by atoms with Crippen molar-refractivity contribution < 1.29 is 13.2 Å². The van der Waals surface area contributed by atoms with E-state index in [9.17, 15) is 13.2 Å². The van der Waals surface area contributed by atoms with Crippen molar-refractivity contribution in [1.29, 1.82) is 0 Å². The van der Waals surface area contributed by atoms with Crippen molar-refractivity contribution in [1.82, 2.24) is 0 Å². The van der Waals surface area contributed by atoms with E-state index in [1.165, 1.54) is 19.3 Å². The number of hydrogen-bond acceptors (Lipinski definition) is 1. The zero-order chi connectivity index (χ0) is 14.1. The number of alkyl halides is 3. The Morgan fingerprint density at radius 2 is 1.75 bits per heavy atom. The monoisotopic (exact) mass is 345 g/mol. The van der Waals surface area contributed by atoms with Gasteiger partial charge in [-0.25, -0.2) is 0 Å². The molecule has 3 aliphatic rings. The van der Waals surface area contributed by atoms with E-state index in [0.717, 1.165) is 41.5 Å². The van der Waals surface area contributed by atoms with E-state index in [-0.39, 0.29) is 0 Å². The molecule has 20 heavy (non-hydrogen) atoms. The zero-order valence-corrected chi connectivity index (χ0v) is 12.3. The lowest BCUT2D eigenvalue weighted by molar-refractivity contribution is -0.137. The first-order chi connectivity index (χ1) is 9.45. The molecule has 1 aromatic rings. The maximum Gasteiger partial charge on any atom is 0.416 e. The van der Waals surface area contributed by atoms with E-state index in [1.54, 1.807) is 6.07 Å². The summed E-state index contributed by atoms with van der Waals surface area (Å²) >= 11 is 3.26. The predicted octanol–water partition coefficient (Wildman–Crippen LogP) is 4.92. The van der Waals surface area contributed by atoms with Crippen LogP contribution in [0.5, 0.6) is 0 Å². The molecule has 1 nitrogen and oxygen atoms in total. The SMILES string of the molecule is FC(F)(F)c1ccc(NC2C3C4CCC(C4)C23)c(Br)c1. The highest BCUT2D eigenvalue weighted by molar-refractivity contribution is 9.10. The summed E-state index contributed by atoms with van der Waals surface area (Å²) in [4.78, 5) is 0. The van der Waals surface area contributed by atoms with Crippen LogP contribution in [0.3, 0.4) is 0 Å². The molecule has 1 aromatic carbocycles. The van der Waals surface area contributed by atoms with Crippen molar-refractivity contribution in [2.75, 3.05) is 5.32 Å². The van der Waals surface area contributed by atoms with E-state index >= 15 is 0 Å². The molecule has 1 N–H and O–H groups in total. The average molecular weight is 346 g/mol. The molecule has 0 spiro atoms. The predicted molar refractivity (Wildman–Crippen MR) is 74.4 cm³/mol. The van der Waals surface area contributed by atoms with Crippen LogP contribution in [0, 0.1) is 23.7 Å². The average Bonchev–Trinajstić information content (AvgIpc) is 2.78. The number of halogens is 4. The summed E-state index contributed by atoms with van der Waals surface area (Å²) in [5, 5.41) is 3.45. The van der Waals surface area contributed by atoms with Crippen LogP contribution in [-0.2, 0) is 6.18 Å². The first kappa shape index (κ1) is 13.0. The molecule has 5 heteroatoms. The number of nitrogens with one attached hydrogen (secondary N) is 1. The number of anilines is 1. The highest BCUT2D eigenvalue weighted by Crippen LogP contribution is 2.66. The Morgan fingerprint density at radius 3 is 2.30 bits per heavy atom. The molecule has 0 aromatic heterocycles. The van der Waals surface area contributed by atoms with Gasteiger partial charge in [-0.3, -0.25) is 0 Å². The quantitative estimate of drug-likeness (QED) is 0.801. The van der Waals surface area contributed by atoms with Gasteiger partial charge >= 0.3 is 6.18 Å². The van der Waals surface area contributed by atoms with Gasteiger partial charge in [-0.15, -0.1) is 0 Å². The Kier molecular flexibility index (Phi) is 2.70. The van der Waals surface area contributed by atoms with Crippen molar-refractivity contribution in [2.45, 2.75) is 31.5 Å². The largest absolute Gasteiger partial charge is 0.416 e. The zero-order valence-electron chi connectivity index (χ0n) is 10.8. The normalized spacial score (nSPS) is 37.9. The number of hydrogen-bond donors (Lipinski definition) is 1. The van der Waals surface area contributed by atoms with E-state index < -0.39 is 11.7 Å². The lowest BCUT2D eigenvalue weighted by Crippen LogP contribution is -2.13. The smallest absolute Gasteiger partial charge is 0.381 e. The summed E-state index contributed by atoms with van der Waals surface area (Å²) in [6, 6.07) is 4.34. The van der Waals surface area contributed by atoms with E-state index in [4.69, 9.17) is 0 Å². The third kappa shape index (κ3) is 1.89. The van der Waals surface area contributed by atoms with Crippen LogP contribution in [0.1, 0.15) is 24.8 Å². The number of rotatable bonds is 2. The topological polar surface area (TPSA) is 12.0 Å². The fraction of sp³-hybridized carbons (Fsp3) is 0.600. The van der Waals surface area contributed by atoms with E-state index in [0.29, 0.717) is 10.5 Å². The molecular weight excluding hydrogens is 331 g/mol. The molecule has 0 aliphatic heterocycles. The molecule has 4 rings (SSSR count). The van der Waals surface area contributed by atoms with Gasteiger partial charge in [-0.1, -0.05) is 0 Å². The van der Waals surface area contributed by atoms with Crippen LogP contribution in [0.15, 0.2) is 22.7 Å². The van der Waals surface area contributed by atoms with Crippen LogP contribution in [0.25, 0.3) is 0 Å². The van der Waals surface area contributed by atoms with Gasteiger partial charge < -0.3 is 5.32 Å². The molecule has 3 fully saturated rings. The minimum Gasteiger partial charge on any atom is -0.381 e. The highest BCUT2D eigenvalue weighted by atomic mass is 79.9. The number of benzene rings is 1. The van der Waals surface area contributed by atoms with Gasteiger partial charge in [0.15, 0.2) is 0 Å². The maximum atomic E-state index is 12.6. The molecule has 108 valence electrons. The highest BCUT2D eigenvalue weighted by Gasteiger charge is 2.65. The van der Waals surface area contributed by atoms with E-state index in [2.05, 4.69) is 21.2 Å². The second-order valence-electron chi connectivity index (χ2n) is 6.35. The third-order valence-corrected chi connectivity index (χ3v) is 6.01. The van der Waals surface area contributed by atoms with Gasteiger partial charge in [0, 0.05) is 16.2 Å². The molecule has 0 amide bonds. The molecule has 0 heterocycles. The van der Waals surface area contributed by atoms with Crippen LogP contribution < -0.4 is 5.32 Å². The molecule has 4 atom stereocenters. The summed E-state index contributed by atoms with van der Waals surface area (Å²) in [6.07, 6.45) is -0.214. The van der Waals surface area contributed by atoms with Gasteiger partial charge in [-0.2, -0.15) is 13.2 Å². The van der Waals surface area contributed by atoms with Gasteiger partial charge in [0.1, 0.15) is 0 Å². The molecular formula is C15H15BrF3N. The van der Waals surface area contributed by atoms with Crippen LogP contribution in [-0.4, -0.2) is 6.04 Å². The van der Waals surface area contributed by atoms with Gasteiger partial charge in [0.05, 0.1) is 5.56 Å². The summed E-state index contributed by atoms with van der Waals surface area (Å²) < 4.78 is 38.4. The summed E-state index contributed by atoms with van der Waals surface area (Å²) in [5.41, 5.74) is 0.183. The fourth-order valence-electron chi connectivity index (χ4n) is 4.51. The van der Waals surface area contributed by atoms with Crippen LogP contribution in [0.4, 0.5) is 18.9 Å². The minimum absolute atomic E-state index is 0.481. The van der Waals surface area contributed by atoms with Crippen LogP contribution >= 0.6 is 15.9 Å². The summed E-state index contributed by atoms with van der Waals surface area (Å²) in [6.45, 7) is 0. The van der Waals surface area contributed by atoms with Gasteiger partial charge in [-0.05, 0) is 77.1 Å². The van der Waals surface area contributed by atoms with Crippen molar-refractivity contribution in [3.8, 4) is 0 Å².